The minimum Gasteiger partial charge on any atom is -0.489 e. The van der Waals surface area contributed by atoms with Gasteiger partial charge in [0, 0.05) is 15.6 Å². The molecule has 3 aromatic carbocycles. The Balaban J connectivity index is 1.60. The van der Waals surface area contributed by atoms with Gasteiger partial charge in [0.25, 0.3) is 0 Å². The number of benzene rings is 3. The van der Waals surface area contributed by atoms with Gasteiger partial charge in [-0.3, -0.25) is 0 Å². The van der Waals surface area contributed by atoms with Crippen molar-refractivity contribution in [2.45, 2.75) is 6.61 Å². The van der Waals surface area contributed by atoms with Crippen LogP contribution in [0.4, 0.5) is 0 Å². The molecule has 0 aliphatic rings. The van der Waals surface area contributed by atoms with Crippen molar-refractivity contribution in [1.29, 1.82) is 0 Å². The molecule has 3 rings (SSSR count). The first-order valence-electron chi connectivity index (χ1n) is 8.66. The van der Waals surface area contributed by atoms with E-state index in [0.717, 1.165) is 22.3 Å². The fourth-order valence-corrected chi connectivity index (χ4v) is 3.03. The SMILES string of the molecule is O=C(O)CO/N=C/c1ccc(-c2ccc(OCc3c(Cl)cccc3Cl)cc2)cc1. The predicted octanol–water partition coefficient (Wildman–Crippen LogP) is 5.67. The molecule has 0 spiro atoms. The highest BCUT2D eigenvalue weighted by atomic mass is 35.5. The van der Waals surface area contributed by atoms with E-state index < -0.39 is 12.6 Å². The third kappa shape index (κ3) is 5.98. The second kappa shape index (κ2) is 9.96. The number of carboxylic acids is 1. The standard InChI is InChI=1S/C22H17Cl2NO4/c23-20-2-1-3-21(24)19(20)13-28-18-10-8-17(9-11-18)16-6-4-15(5-7-16)12-25-29-14-22(26)27/h1-12H,13-14H2,(H,26,27)/b25-12+. The Morgan fingerprint density at radius 2 is 1.52 bits per heavy atom. The largest absolute Gasteiger partial charge is 0.489 e. The van der Waals surface area contributed by atoms with Crippen LogP contribution in [0.2, 0.25) is 10.0 Å². The number of hydrogen-bond donors (Lipinski definition) is 1. The van der Waals surface area contributed by atoms with Crippen molar-refractivity contribution in [2.24, 2.45) is 5.16 Å². The van der Waals surface area contributed by atoms with Gasteiger partial charge in [0.15, 0.2) is 0 Å². The lowest BCUT2D eigenvalue weighted by Crippen LogP contribution is -2.03. The van der Waals surface area contributed by atoms with Crippen molar-refractivity contribution < 1.29 is 19.5 Å². The molecule has 0 amide bonds. The van der Waals surface area contributed by atoms with Gasteiger partial charge in [-0.2, -0.15) is 0 Å². The van der Waals surface area contributed by atoms with E-state index in [1.807, 2.05) is 48.5 Å². The van der Waals surface area contributed by atoms with Gasteiger partial charge in [-0.1, -0.05) is 70.8 Å². The summed E-state index contributed by atoms with van der Waals surface area (Å²) in [5.41, 5.74) is 3.60. The summed E-state index contributed by atoms with van der Waals surface area (Å²) in [5.74, 6) is -0.357. The number of carbonyl (C=O) groups is 1. The van der Waals surface area contributed by atoms with E-state index in [1.54, 1.807) is 18.2 Å². The summed E-state index contributed by atoms with van der Waals surface area (Å²) in [6, 6.07) is 20.7. The van der Waals surface area contributed by atoms with Gasteiger partial charge in [0.1, 0.15) is 12.4 Å². The topological polar surface area (TPSA) is 68.1 Å². The summed E-state index contributed by atoms with van der Waals surface area (Å²) in [7, 11) is 0. The van der Waals surface area contributed by atoms with Crippen LogP contribution in [0.25, 0.3) is 11.1 Å². The molecule has 0 atom stereocenters. The highest BCUT2D eigenvalue weighted by Gasteiger charge is 2.06. The van der Waals surface area contributed by atoms with E-state index in [9.17, 15) is 4.79 Å². The molecule has 0 aromatic heterocycles. The minimum atomic E-state index is -1.07. The van der Waals surface area contributed by atoms with E-state index >= 15 is 0 Å². The molecule has 0 aliphatic carbocycles. The maximum Gasteiger partial charge on any atom is 0.344 e. The normalized spacial score (nSPS) is 10.8. The maximum absolute atomic E-state index is 10.4. The Bertz CT molecular complexity index is 982. The van der Waals surface area contributed by atoms with Crippen LogP contribution < -0.4 is 4.74 Å². The van der Waals surface area contributed by atoms with Crippen LogP contribution in [0.15, 0.2) is 71.9 Å². The van der Waals surface area contributed by atoms with Crippen molar-refractivity contribution >= 4 is 35.4 Å². The zero-order valence-electron chi connectivity index (χ0n) is 15.2. The molecule has 0 heterocycles. The minimum absolute atomic E-state index is 0.288. The summed E-state index contributed by atoms with van der Waals surface area (Å²) in [4.78, 5) is 15.0. The molecule has 0 radical (unpaired) electrons. The lowest BCUT2D eigenvalue weighted by Gasteiger charge is -2.10. The van der Waals surface area contributed by atoms with E-state index in [4.69, 9.17) is 33.0 Å². The lowest BCUT2D eigenvalue weighted by atomic mass is 10.0. The number of aliphatic carboxylic acids is 1. The van der Waals surface area contributed by atoms with E-state index in [2.05, 4.69) is 9.99 Å². The van der Waals surface area contributed by atoms with Gasteiger partial charge in [-0.05, 0) is 41.0 Å². The Kier molecular flexibility index (Phi) is 7.11. The molecular formula is C22H17Cl2NO4. The predicted molar refractivity (Wildman–Crippen MR) is 114 cm³/mol. The van der Waals surface area contributed by atoms with E-state index in [-0.39, 0.29) is 6.61 Å². The molecule has 0 bridgehead atoms. The first kappa shape index (κ1) is 20.7. The van der Waals surface area contributed by atoms with Crippen LogP contribution >= 0.6 is 23.2 Å². The fraction of sp³-hybridized carbons (Fsp3) is 0.0909. The third-order valence-electron chi connectivity index (χ3n) is 4.01. The molecule has 0 aliphatic heterocycles. The number of ether oxygens (including phenoxy) is 1. The molecular weight excluding hydrogens is 413 g/mol. The molecule has 5 nitrogen and oxygen atoms in total. The Morgan fingerprint density at radius 3 is 2.10 bits per heavy atom. The van der Waals surface area contributed by atoms with Gasteiger partial charge < -0.3 is 14.7 Å². The van der Waals surface area contributed by atoms with Gasteiger partial charge >= 0.3 is 5.97 Å². The van der Waals surface area contributed by atoms with Crippen molar-refractivity contribution in [3.05, 3.63) is 87.9 Å². The number of nitrogens with zero attached hydrogens (tertiary/aromatic N) is 1. The molecule has 3 aromatic rings. The van der Waals surface area contributed by atoms with Crippen LogP contribution in [0.5, 0.6) is 5.75 Å². The van der Waals surface area contributed by atoms with Gasteiger partial charge in [-0.25, -0.2) is 4.79 Å². The first-order chi connectivity index (χ1) is 14.0. The average molecular weight is 430 g/mol. The second-order valence-electron chi connectivity index (χ2n) is 6.04. The molecule has 7 heteroatoms. The first-order valence-corrected chi connectivity index (χ1v) is 9.42. The maximum atomic E-state index is 10.4. The molecule has 0 saturated heterocycles. The summed E-state index contributed by atoms with van der Waals surface area (Å²) in [6.07, 6.45) is 1.46. The Labute approximate surface area is 178 Å². The number of oxime groups is 1. The summed E-state index contributed by atoms with van der Waals surface area (Å²) in [6.45, 7) is -0.179. The molecule has 148 valence electrons. The number of rotatable bonds is 8. The third-order valence-corrected chi connectivity index (χ3v) is 4.72. The van der Waals surface area contributed by atoms with Crippen molar-refractivity contribution in [2.75, 3.05) is 6.61 Å². The zero-order chi connectivity index (χ0) is 20.6. The van der Waals surface area contributed by atoms with Crippen molar-refractivity contribution in [3.8, 4) is 16.9 Å². The summed E-state index contributed by atoms with van der Waals surface area (Å²) >= 11 is 12.3. The smallest absolute Gasteiger partial charge is 0.344 e. The lowest BCUT2D eigenvalue weighted by molar-refractivity contribution is -0.142. The van der Waals surface area contributed by atoms with Crippen molar-refractivity contribution in [1.82, 2.24) is 0 Å². The molecule has 0 saturated carbocycles. The van der Waals surface area contributed by atoms with Gasteiger partial charge in [0.2, 0.25) is 6.61 Å². The molecule has 0 fully saturated rings. The fourth-order valence-electron chi connectivity index (χ4n) is 2.52. The highest BCUT2D eigenvalue weighted by Crippen LogP contribution is 2.27. The van der Waals surface area contributed by atoms with Gasteiger partial charge in [0.05, 0.1) is 6.21 Å². The average Bonchev–Trinajstić information content (AvgIpc) is 2.72. The zero-order valence-corrected chi connectivity index (χ0v) is 16.7. The Morgan fingerprint density at radius 1 is 0.931 bits per heavy atom. The summed E-state index contributed by atoms with van der Waals surface area (Å²) in [5, 5.41) is 13.3. The number of halogens is 2. The van der Waals surface area contributed by atoms with Crippen LogP contribution in [0, 0.1) is 0 Å². The number of hydrogen-bond acceptors (Lipinski definition) is 4. The van der Waals surface area contributed by atoms with Crippen LogP contribution in [-0.4, -0.2) is 23.9 Å². The monoisotopic (exact) mass is 429 g/mol. The van der Waals surface area contributed by atoms with Crippen LogP contribution in [0.1, 0.15) is 11.1 Å². The quantitative estimate of drug-likeness (QED) is 0.369. The molecule has 1 N–H and O–H groups in total. The van der Waals surface area contributed by atoms with Crippen LogP contribution in [-0.2, 0) is 16.2 Å². The van der Waals surface area contributed by atoms with E-state index in [0.29, 0.717) is 15.8 Å². The van der Waals surface area contributed by atoms with Crippen molar-refractivity contribution in [3.63, 3.8) is 0 Å². The molecule has 29 heavy (non-hydrogen) atoms. The highest BCUT2D eigenvalue weighted by molar-refractivity contribution is 6.35. The number of carboxylic acid groups (broad SMARTS) is 1. The van der Waals surface area contributed by atoms with Crippen LogP contribution in [0.3, 0.4) is 0 Å². The van der Waals surface area contributed by atoms with E-state index in [1.165, 1.54) is 6.21 Å². The molecule has 0 unspecified atom stereocenters. The Hall–Kier alpha value is -3.02. The summed E-state index contributed by atoms with van der Waals surface area (Å²) < 4.78 is 5.79. The van der Waals surface area contributed by atoms with Gasteiger partial charge in [-0.15, -0.1) is 0 Å². The second-order valence-corrected chi connectivity index (χ2v) is 6.85.